The molecule has 0 fully saturated rings. The fourth-order valence-corrected chi connectivity index (χ4v) is 2.35. The number of hydrogen-bond acceptors (Lipinski definition) is 5. The summed E-state index contributed by atoms with van der Waals surface area (Å²) in [4.78, 5) is 11.8. The Labute approximate surface area is 128 Å². The van der Waals surface area contributed by atoms with Gasteiger partial charge in [-0.2, -0.15) is 0 Å². The van der Waals surface area contributed by atoms with Crippen molar-refractivity contribution in [2.75, 3.05) is 11.1 Å². The lowest BCUT2D eigenvalue weighted by atomic mass is 10.3. The van der Waals surface area contributed by atoms with Gasteiger partial charge in [-0.3, -0.25) is 4.79 Å². The predicted molar refractivity (Wildman–Crippen MR) is 81.5 cm³/mol. The summed E-state index contributed by atoms with van der Waals surface area (Å²) in [5, 5.41) is 14.6. The van der Waals surface area contributed by atoms with Crippen molar-refractivity contribution >= 4 is 39.3 Å². The summed E-state index contributed by atoms with van der Waals surface area (Å²) in [6, 6.07) is 7.39. The SMILES string of the molecule is C=CCn1nnnc1SCC(=O)Nc1ccc(Br)cc1. The highest BCUT2D eigenvalue weighted by molar-refractivity contribution is 9.10. The van der Waals surface area contributed by atoms with E-state index in [1.165, 1.54) is 11.8 Å². The monoisotopic (exact) mass is 353 g/mol. The van der Waals surface area contributed by atoms with Crippen LogP contribution in [0.5, 0.6) is 0 Å². The number of halogens is 1. The first-order valence-electron chi connectivity index (χ1n) is 5.74. The van der Waals surface area contributed by atoms with Crippen molar-refractivity contribution in [2.24, 2.45) is 0 Å². The van der Waals surface area contributed by atoms with Gasteiger partial charge in [-0.1, -0.05) is 33.8 Å². The second-order valence-corrected chi connectivity index (χ2v) is 5.63. The molecule has 1 N–H and O–H groups in total. The standard InChI is InChI=1S/C12H12BrN5OS/c1-2-7-18-12(15-16-17-18)20-8-11(19)14-10-5-3-9(13)4-6-10/h2-6H,1,7-8H2,(H,14,19). The Kier molecular flexibility index (Phi) is 5.31. The van der Waals surface area contributed by atoms with Crippen LogP contribution >= 0.6 is 27.7 Å². The number of nitrogens with zero attached hydrogens (tertiary/aromatic N) is 4. The summed E-state index contributed by atoms with van der Waals surface area (Å²) in [5.74, 6) is 0.138. The molecule has 0 atom stereocenters. The van der Waals surface area contributed by atoms with E-state index in [-0.39, 0.29) is 11.7 Å². The summed E-state index contributed by atoms with van der Waals surface area (Å²) < 4.78 is 2.55. The average Bonchev–Trinajstić information content (AvgIpc) is 2.87. The summed E-state index contributed by atoms with van der Waals surface area (Å²) in [6.07, 6.45) is 1.70. The van der Waals surface area contributed by atoms with Gasteiger partial charge in [0.15, 0.2) is 0 Å². The lowest BCUT2D eigenvalue weighted by Crippen LogP contribution is -2.14. The van der Waals surface area contributed by atoms with Crippen LogP contribution in [0, 0.1) is 0 Å². The summed E-state index contributed by atoms with van der Waals surface area (Å²) in [7, 11) is 0. The molecule has 0 unspecified atom stereocenters. The molecule has 1 aromatic heterocycles. The Morgan fingerprint density at radius 3 is 2.90 bits per heavy atom. The van der Waals surface area contributed by atoms with E-state index in [1.54, 1.807) is 10.8 Å². The predicted octanol–water partition coefficient (Wildman–Crippen LogP) is 2.35. The van der Waals surface area contributed by atoms with Gasteiger partial charge >= 0.3 is 0 Å². The number of nitrogens with one attached hydrogen (secondary N) is 1. The van der Waals surface area contributed by atoms with Crippen LogP contribution in [-0.4, -0.2) is 31.9 Å². The van der Waals surface area contributed by atoms with Gasteiger partial charge in [-0.05, 0) is 34.7 Å². The largest absolute Gasteiger partial charge is 0.325 e. The molecule has 104 valence electrons. The van der Waals surface area contributed by atoms with E-state index in [0.717, 1.165) is 10.2 Å². The summed E-state index contributed by atoms with van der Waals surface area (Å²) >= 11 is 4.62. The average molecular weight is 354 g/mol. The second-order valence-electron chi connectivity index (χ2n) is 3.78. The Morgan fingerprint density at radius 1 is 1.45 bits per heavy atom. The number of anilines is 1. The molecule has 0 spiro atoms. The lowest BCUT2D eigenvalue weighted by molar-refractivity contribution is -0.113. The van der Waals surface area contributed by atoms with Crippen molar-refractivity contribution in [3.8, 4) is 0 Å². The molecule has 1 amide bonds. The second kappa shape index (κ2) is 7.20. The van der Waals surface area contributed by atoms with Crippen LogP contribution in [0.15, 0.2) is 46.5 Å². The molecule has 2 aromatic rings. The summed E-state index contributed by atoms with van der Waals surface area (Å²) in [5.41, 5.74) is 0.754. The van der Waals surface area contributed by atoms with Crippen LogP contribution in [0.1, 0.15) is 0 Å². The molecule has 6 nitrogen and oxygen atoms in total. The van der Waals surface area contributed by atoms with Crippen LogP contribution in [0.2, 0.25) is 0 Å². The Hall–Kier alpha value is -1.67. The van der Waals surface area contributed by atoms with E-state index in [9.17, 15) is 4.79 Å². The van der Waals surface area contributed by atoms with E-state index in [4.69, 9.17) is 0 Å². The zero-order valence-corrected chi connectivity index (χ0v) is 12.9. The Morgan fingerprint density at radius 2 is 2.20 bits per heavy atom. The number of aromatic nitrogens is 4. The van der Waals surface area contributed by atoms with E-state index >= 15 is 0 Å². The summed E-state index contributed by atoms with van der Waals surface area (Å²) in [6.45, 7) is 4.14. The topological polar surface area (TPSA) is 72.7 Å². The highest BCUT2D eigenvalue weighted by Gasteiger charge is 2.09. The van der Waals surface area contributed by atoms with E-state index in [1.807, 2.05) is 24.3 Å². The van der Waals surface area contributed by atoms with E-state index in [0.29, 0.717) is 11.7 Å². The number of benzene rings is 1. The number of tetrazole rings is 1. The number of hydrogen-bond donors (Lipinski definition) is 1. The minimum absolute atomic E-state index is 0.106. The van der Waals surface area contributed by atoms with Crippen molar-refractivity contribution in [2.45, 2.75) is 11.7 Å². The molecular weight excluding hydrogens is 342 g/mol. The smallest absolute Gasteiger partial charge is 0.234 e. The maximum Gasteiger partial charge on any atom is 0.234 e. The Balaban J connectivity index is 1.87. The van der Waals surface area contributed by atoms with Gasteiger partial charge in [-0.25, -0.2) is 4.68 Å². The normalized spacial score (nSPS) is 10.2. The minimum Gasteiger partial charge on any atom is -0.325 e. The lowest BCUT2D eigenvalue weighted by Gasteiger charge is -2.05. The maximum absolute atomic E-state index is 11.8. The number of carbonyl (C=O) groups is 1. The highest BCUT2D eigenvalue weighted by atomic mass is 79.9. The minimum atomic E-state index is -0.106. The fraction of sp³-hybridized carbons (Fsp3) is 0.167. The third-order valence-electron chi connectivity index (χ3n) is 2.26. The first-order valence-corrected chi connectivity index (χ1v) is 7.52. The van der Waals surface area contributed by atoms with Crippen LogP contribution < -0.4 is 5.32 Å². The van der Waals surface area contributed by atoms with Crippen molar-refractivity contribution in [1.29, 1.82) is 0 Å². The van der Waals surface area contributed by atoms with Gasteiger partial charge in [0.25, 0.3) is 0 Å². The van der Waals surface area contributed by atoms with Crippen LogP contribution in [0.3, 0.4) is 0 Å². The van der Waals surface area contributed by atoms with Crippen molar-refractivity contribution in [3.05, 3.63) is 41.4 Å². The number of allylic oxidation sites excluding steroid dienone is 1. The molecule has 2 rings (SSSR count). The van der Waals surface area contributed by atoms with Gasteiger partial charge < -0.3 is 5.32 Å². The first-order chi connectivity index (χ1) is 9.69. The molecule has 0 aliphatic carbocycles. The van der Waals surface area contributed by atoms with Gasteiger partial charge in [-0.15, -0.1) is 11.7 Å². The van der Waals surface area contributed by atoms with Gasteiger partial charge in [0.05, 0.1) is 12.3 Å². The molecule has 0 aliphatic heterocycles. The third-order valence-corrected chi connectivity index (χ3v) is 3.75. The quantitative estimate of drug-likeness (QED) is 0.637. The van der Waals surface area contributed by atoms with E-state index < -0.39 is 0 Å². The number of rotatable bonds is 6. The van der Waals surface area contributed by atoms with Gasteiger partial charge in [0.1, 0.15) is 0 Å². The molecule has 0 aliphatic rings. The number of thioether (sulfide) groups is 1. The molecular formula is C12H12BrN5OS. The molecule has 0 saturated heterocycles. The van der Waals surface area contributed by atoms with Crippen molar-refractivity contribution < 1.29 is 4.79 Å². The molecule has 0 bridgehead atoms. The third kappa shape index (κ3) is 4.17. The van der Waals surface area contributed by atoms with Gasteiger partial charge in [0, 0.05) is 10.2 Å². The van der Waals surface area contributed by atoms with Gasteiger partial charge in [0.2, 0.25) is 11.1 Å². The molecule has 0 saturated carbocycles. The molecule has 20 heavy (non-hydrogen) atoms. The van der Waals surface area contributed by atoms with Crippen LogP contribution in [0.4, 0.5) is 5.69 Å². The highest BCUT2D eigenvalue weighted by Crippen LogP contribution is 2.16. The molecule has 1 aromatic carbocycles. The van der Waals surface area contributed by atoms with Crippen molar-refractivity contribution in [1.82, 2.24) is 20.2 Å². The fourth-order valence-electron chi connectivity index (χ4n) is 1.40. The number of carbonyl (C=O) groups excluding carboxylic acids is 1. The van der Waals surface area contributed by atoms with E-state index in [2.05, 4.69) is 43.4 Å². The molecule has 8 heteroatoms. The van der Waals surface area contributed by atoms with Crippen molar-refractivity contribution in [3.63, 3.8) is 0 Å². The first kappa shape index (κ1) is 14.7. The zero-order chi connectivity index (χ0) is 14.4. The Bertz CT molecular complexity index is 598. The number of amides is 1. The molecule has 1 heterocycles. The van der Waals surface area contributed by atoms with Crippen LogP contribution in [-0.2, 0) is 11.3 Å². The van der Waals surface area contributed by atoms with Crippen LogP contribution in [0.25, 0.3) is 0 Å². The maximum atomic E-state index is 11.8. The zero-order valence-electron chi connectivity index (χ0n) is 10.5. The molecule has 0 radical (unpaired) electrons.